The number of hydrogen-bond acceptors (Lipinski definition) is 2. The molecule has 0 aliphatic carbocycles. The molecule has 7 heavy (non-hydrogen) atoms. The first-order valence-electron chi connectivity index (χ1n) is 1.77. The summed E-state index contributed by atoms with van der Waals surface area (Å²) in [5.41, 5.74) is 0. The maximum absolute atomic E-state index is 9.70. The molecule has 0 spiro atoms. The molecule has 36 valence electrons. The molecule has 0 saturated carbocycles. The van der Waals surface area contributed by atoms with E-state index in [1.54, 1.807) is 0 Å². The first-order valence-corrected chi connectivity index (χ1v) is 1.77. The van der Waals surface area contributed by atoms with Crippen LogP contribution in [-0.2, 0) is 4.79 Å². The van der Waals surface area contributed by atoms with Gasteiger partial charge in [-0.15, -0.1) is 0 Å². The van der Waals surface area contributed by atoms with Crippen LogP contribution in [0.1, 0.15) is 0 Å². The van der Waals surface area contributed by atoms with Crippen LogP contribution in [0.2, 0.25) is 0 Å². The number of nitrogens with one attached hydrogen (secondary N) is 1. The zero-order chi connectivity index (χ0) is 4.57. The standard InChI is InChI=1S/C3H5NO2.Na.H/c5-3(6)2-1-4-2;;/h2,4H,1H2,(H,5,6);;. The molecule has 1 saturated heterocycles. The molecule has 1 aliphatic rings. The van der Waals surface area contributed by atoms with Gasteiger partial charge in [0.25, 0.3) is 0 Å². The van der Waals surface area contributed by atoms with Crippen molar-refractivity contribution in [2.24, 2.45) is 0 Å². The van der Waals surface area contributed by atoms with Crippen LogP contribution in [0, 0.1) is 0 Å². The number of carboxylic acid groups (broad SMARTS) is 1. The van der Waals surface area contributed by atoms with Gasteiger partial charge in [0.1, 0.15) is 6.04 Å². The summed E-state index contributed by atoms with van der Waals surface area (Å²) in [7, 11) is 0. The summed E-state index contributed by atoms with van der Waals surface area (Å²) >= 11 is 0. The van der Waals surface area contributed by atoms with E-state index in [4.69, 9.17) is 5.11 Å². The zero-order valence-electron chi connectivity index (χ0n) is 3.14. The van der Waals surface area contributed by atoms with Gasteiger partial charge in [-0.25, -0.2) is 0 Å². The molecule has 2 N–H and O–H groups in total. The second-order valence-corrected chi connectivity index (χ2v) is 1.30. The average Bonchev–Trinajstić information content (AvgIpc) is 2.06. The Morgan fingerprint density at radius 3 is 2.29 bits per heavy atom. The molecule has 0 amide bonds. The maximum atomic E-state index is 9.70. The van der Waals surface area contributed by atoms with Gasteiger partial charge < -0.3 is 10.4 Å². The molecule has 1 fully saturated rings. The minimum atomic E-state index is -0.741. The fourth-order valence-corrected chi connectivity index (χ4v) is 0.234. The van der Waals surface area contributed by atoms with Gasteiger partial charge in [-0.2, -0.15) is 0 Å². The molecule has 0 aromatic heterocycles. The summed E-state index contributed by atoms with van der Waals surface area (Å²) < 4.78 is 0. The van der Waals surface area contributed by atoms with Crippen molar-refractivity contribution in [1.82, 2.24) is 5.32 Å². The van der Waals surface area contributed by atoms with E-state index in [1.165, 1.54) is 0 Å². The Hall–Kier alpha value is 0.430. The first kappa shape index (κ1) is 7.43. The Labute approximate surface area is 63.4 Å². The van der Waals surface area contributed by atoms with Crippen LogP contribution in [0.3, 0.4) is 0 Å². The van der Waals surface area contributed by atoms with E-state index in [-0.39, 0.29) is 35.6 Å². The monoisotopic (exact) mass is 111 g/mol. The van der Waals surface area contributed by atoms with Crippen molar-refractivity contribution in [3.05, 3.63) is 0 Å². The summed E-state index contributed by atoms with van der Waals surface area (Å²) in [5.74, 6) is -0.741. The second-order valence-electron chi connectivity index (χ2n) is 1.30. The number of hydrogen-bond donors (Lipinski definition) is 2. The predicted octanol–water partition coefficient (Wildman–Crippen LogP) is -1.61. The topological polar surface area (TPSA) is 59.2 Å². The van der Waals surface area contributed by atoms with Gasteiger partial charge in [-0.3, -0.25) is 4.79 Å². The van der Waals surface area contributed by atoms with Crippen molar-refractivity contribution in [1.29, 1.82) is 0 Å². The molecule has 4 heteroatoms. The molecule has 0 bridgehead atoms. The van der Waals surface area contributed by atoms with Gasteiger partial charge in [0.2, 0.25) is 0 Å². The van der Waals surface area contributed by atoms with Crippen LogP contribution in [0.4, 0.5) is 0 Å². The third kappa shape index (κ3) is 2.29. The summed E-state index contributed by atoms with van der Waals surface area (Å²) in [6.45, 7) is 0.648. The molecule has 0 aromatic rings. The average molecular weight is 111 g/mol. The van der Waals surface area contributed by atoms with E-state index < -0.39 is 5.97 Å². The first-order chi connectivity index (χ1) is 2.80. The summed E-state index contributed by atoms with van der Waals surface area (Å²) in [4.78, 5) is 9.70. The Morgan fingerprint density at radius 2 is 2.29 bits per heavy atom. The molecular weight excluding hydrogens is 105 g/mol. The minimum absolute atomic E-state index is 0. The van der Waals surface area contributed by atoms with Crippen molar-refractivity contribution in [2.45, 2.75) is 6.04 Å². The van der Waals surface area contributed by atoms with Crippen molar-refractivity contribution in [2.75, 3.05) is 6.54 Å². The van der Waals surface area contributed by atoms with Gasteiger partial charge in [0.15, 0.2) is 0 Å². The van der Waals surface area contributed by atoms with Crippen molar-refractivity contribution < 1.29 is 9.90 Å². The van der Waals surface area contributed by atoms with Crippen LogP contribution in [0.15, 0.2) is 0 Å². The molecule has 1 atom stereocenters. The van der Waals surface area contributed by atoms with E-state index in [0.717, 1.165) is 0 Å². The molecular formula is C3H6NNaO2. The number of aliphatic carboxylic acids is 1. The van der Waals surface area contributed by atoms with Crippen molar-refractivity contribution in [3.63, 3.8) is 0 Å². The third-order valence-corrected chi connectivity index (χ3v) is 0.706. The van der Waals surface area contributed by atoms with Crippen LogP contribution in [-0.4, -0.2) is 53.2 Å². The molecule has 3 nitrogen and oxygen atoms in total. The van der Waals surface area contributed by atoms with Gasteiger partial charge in [0, 0.05) is 6.54 Å². The Morgan fingerprint density at radius 1 is 1.86 bits per heavy atom. The molecule has 0 radical (unpaired) electrons. The predicted molar refractivity (Wildman–Crippen MR) is 26.6 cm³/mol. The molecule has 0 aromatic carbocycles. The normalized spacial score (nSPS) is 25.4. The van der Waals surface area contributed by atoms with Crippen LogP contribution >= 0.6 is 0 Å². The molecule has 1 aliphatic heterocycles. The number of carboxylic acids is 1. The second kappa shape index (κ2) is 2.67. The Balaban J connectivity index is 0.000000360. The van der Waals surface area contributed by atoms with E-state index in [0.29, 0.717) is 6.54 Å². The molecule has 1 rings (SSSR count). The van der Waals surface area contributed by atoms with Gasteiger partial charge in [-0.05, 0) is 0 Å². The van der Waals surface area contributed by atoms with Gasteiger partial charge >= 0.3 is 35.5 Å². The van der Waals surface area contributed by atoms with Gasteiger partial charge in [0.05, 0.1) is 0 Å². The SMILES string of the molecule is O=C(O)C1CN1.[NaH]. The summed E-state index contributed by atoms with van der Waals surface area (Å²) in [6.07, 6.45) is 0. The van der Waals surface area contributed by atoms with Crippen LogP contribution in [0.25, 0.3) is 0 Å². The summed E-state index contributed by atoms with van der Waals surface area (Å²) in [6, 6.07) is -0.231. The third-order valence-electron chi connectivity index (χ3n) is 0.706. The van der Waals surface area contributed by atoms with Crippen LogP contribution in [0.5, 0.6) is 0 Å². The molecule has 1 heterocycles. The summed E-state index contributed by atoms with van der Waals surface area (Å²) in [5, 5.41) is 10.6. The fraction of sp³-hybridized carbons (Fsp3) is 0.667. The van der Waals surface area contributed by atoms with E-state index in [9.17, 15) is 4.79 Å². The fourth-order valence-electron chi connectivity index (χ4n) is 0.234. The Bertz CT molecular complexity index is 81.0. The van der Waals surface area contributed by atoms with Crippen molar-refractivity contribution in [3.8, 4) is 0 Å². The van der Waals surface area contributed by atoms with E-state index in [1.807, 2.05) is 0 Å². The Kier molecular flexibility index (Phi) is 2.83. The quantitative estimate of drug-likeness (QED) is 0.316. The van der Waals surface area contributed by atoms with Crippen molar-refractivity contribution >= 4 is 35.5 Å². The van der Waals surface area contributed by atoms with Crippen LogP contribution < -0.4 is 5.32 Å². The molecule has 1 unspecified atom stereocenters. The van der Waals surface area contributed by atoms with E-state index >= 15 is 0 Å². The number of rotatable bonds is 1. The van der Waals surface area contributed by atoms with Gasteiger partial charge in [-0.1, -0.05) is 0 Å². The van der Waals surface area contributed by atoms with E-state index in [2.05, 4.69) is 5.32 Å². The zero-order valence-corrected chi connectivity index (χ0v) is 3.14. The number of carbonyl (C=O) groups is 1.